The van der Waals surface area contributed by atoms with Crippen LogP contribution in [0.25, 0.3) is 10.8 Å². The highest BCUT2D eigenvalue weighted by Crippen LogP contribution is 2.19. The van der Waals surface area contributed by atoms with Crippen LogP contribution < -0.4 is 10.9 Å². The summed E-state index contributed by atoms with van der Waals surface area (Å²) in [5, 5.41) is 2.01. The Morgan fingerprint density at radius 1 is 1.00 bits per heavy atom. The number of rotatable bonds is 4. The summed E-state index contributed by atoms with van der Waals surface area (Å²) in [4.78, 5) is 33.7. The van der Waals surface area contributed by atoms with Crippen LogP contribution in [0.2, 0.25) is 0 Å². The number of carbonyl (C=O) groups is 3. The minimum Gasteiger partial charge on any atom is -0.455 e. The van der Waals surface area contributed by atoms with Crippen molar-refractivity contribution in [3.63, 3.8) is 0 Å². The third-order valence-electron chi connectivity index (χ3n) is 2.96. The molecule has 0 fully saturated rings. The molecule has 2 aromatic carbocycles. The van der Waals surface area contributed by atoms with Crippen LogP contribution in [0.15, 0.2) is 42.5 Å². The van der Waals surface area contributed by atoms with Gasteiger partial charge in [-0.1, -0.05) is 42.5 Å². The van der Waals surface area contributed by atoms with Gasteiger partial charge in [-0.3, -0.25) is 25.2 Å². The Balaban J connectivity index is 1.91. The maximum absolute atomic E-state index is 11.8. The Bertz CT molecular complexity index is 707. The minimum atomic E-state index is -0.596. The van der Waals surface area contributed by atoms with Crippen molar-refractivity contribution in [3.05, 3.63) is 48.0 Å². The molecule has 0 atom stereocenters. The van der Waals surface area contributed by atoms with E-state index >= 15 is 0 Å². The summed E-state index contributed by atoms with van der Waals surface area (Å²) < 4.78 is 4.89. The summed E-state index contributed by atoms with van der Waals surface area (Å²) in [6.07, 6.45) is 0.0781. The Morgan fingerprint density at radius 2 is 1.73 bits per heavy atom. The summed E-state index contributed by atoms with van der Waals surface area (Å²) in [6.45, 7) is 0.816. The molecule has 0 heterocycles. The summed E-state index contributed by atoms with van der Waals surface area (Å²) in [5.41, 5.74) is 5.07. The molecule has 2 rings (SSSR count). The van der Waals surface area contributed by atoms with Crippen LogP contribution in [0.1, 0.15) is 12.5 Å². The smallest absolute Gasteiger partial charge is 0.310 e. The lowest BCUT2D eigenvalue weighted by Gasteiger charge is -2.08. The van der Waals surface area contributed by atoms with Crippen LogP contribution in [-0.4, -0.2) is 24.4 Å². The number of hydrogen-bond donors (Lipinski definition) is 2. The number of nitrogens with one attached hydrogen (secondary N) is 2. The molecule has 114 valence electrons. The zero-order chi connectivity index (χ0) is 15.9. The van der Waals surface area contributed by atoms with E-state index in [-0.39, 0.29) is 6.42 Å². The molecule has 0 saturated carbocycles. The van der Waals surface area contributed by atoms with Gasteiger partial charge >= 0.3 is 5.97 Å². The molecule has 2 amide bonds. The molecule has 0 aromatic heterocycles. The van der Waals surface area contributed by atoms with Gasteiger partial charge < -0.3 is 4.74 Å². The van der Waals surface area contributed by atoms with E-state index in [2.05, 4.69) is 10.9 Å². The highest BCUT2D eigenvalue weighted by atomic mass is 16.5. The van der Waals surface area contributed by atoms with Crippen molar-refractivity contribution in [2.24, 2.45) is 0 Å². The highest BCUT2D eigenvalue weighted by Gasteiger charge is 2.10. The van der Waals surface area contributed by atoms with Crippen molar-refractivity contribution in [1.82, 2.24) is 10.9 Å². The lowest BCUT2D eigenvalue weighted by atomic mass is 10.0. The number of fused-ring (bicyclic) bond motifs is 1. The Kier molecular flexibility index (Phi) is 5.08. The number of hydrazine groups is 1. The SMILES string of the molecule is CC(=O)NNC(=O)COC(=O)Cc1cccc2ccccc12. The van der Waals surface area contributed by atoms with E-state index in [4.69, 9.17) is 4.74 Å². The molecule has 0 saturated heterocycles. The Morgan fingerprint density at radius 3 is 2.50 bits per heavy atom. The van der Waals surface area contributed by atoms with Gasteiger partial charge in [-0.15, -0.1) is 0 Å². The van der Waals surface area contributed by atoms with Crippen molar-refractivity contribution < 1.29 is 19.1 Å². The maximum atomic E-state index is 11.8. The number of hydrogen-bond acceptors (Lipinski definition) is 4. The van der Waals surface area contributed by atoms with Gasteiger partial charge in [0.15, 0.2) is 6.61 Å². The van der Waals surface area contributed by atoms with E-state index in [9.17, 15) is 14.4 Å². The summed E-state index contributed by atoms with van der Waals surface area (Å²) in [5.74, 6) is -1.51. The minimum absolute atomic E-state index is 0.0781. The van der Waals surface area contributed by atoms with E-state index in [0.717, 1.165) is 16.3 Å². The first-order chi connectivity index (χ1) is 10.6. The lowest BCUT2D eigenvalue weighted by Crippen LogP contribution is -2.42. The van der Waals surface area contributed by atoms with Gasteiger partial charge in [0.25, 0.3) is 5.91 Å². The molecule has 0 spiro atoms. The number of benzene rings is 2. The predicted molar refractivity (Wildman–Crippen MR) is 80.6 cm³/mol. The van der Waals surface area contributed by atoms with Gasteiger partial charge in [-0.25, -0.2) is 0 Å². The van der Waals surface area contributed by atoms with Crippen LogP contribution in [-0.2, 0) is 25.5 Å². The molecule has 22 heavy (non-hydrogen) atoms. The number of carbonyl (C=O) groups excluding carboxylic acids is 3. The van der Waals surface area contributed by atoms with E-state index < -0.39 is 24.4 Å². The number of ether oxygens (including phenoxy) is 1. The molecule has 2 N–H and O–H groups in total. The zero-order valence-electron chi connectivity index (χ0n) is 12.1. The standard InChI is InChI=1S/C16H16N2O4/c1-11(19)17-18-15(20)10-22-16(21)9-13-7-4-6-12-5-2-3-8-14(12)13/h2-8H,9-10H2,1H3,(H,17,19)(H,18,20). The van der Waals surface area contributed by atoms with E-state index in [1.807, 2.05) is 42.5 Å². The molecule has 0 aliphatic heterocycles. The van der Waals surface area contributed by atoms with Crippen LogP contribution in [0.5, 0.6) is 0 Å². The largest absolute Gasteiger partial charge is 0.455 e. The first kappa shape index (κ1) is 15.5. The quantitative estimate of drug-likeness (QED) is 0.654. The third kappa shape index (κ3) is 4.31. The normalized spacial score (nSPS) is 10.0. The van der Waals surface area contributed by atoms with Crippen LogP contribution >= 0.6 is 0 Å². The van der Waals surface area contributed by atoms with Gasteiger partial charge in [0, 0.05) is 6.92 Å². The number of amides is 2. The average molecular weight is 300 g/mol. The first-order valence-corrected chi connectivity index (χ1v) is 6.74. The molecule has 0 bridgehead atoms. The maximum Gasteiger partial charge on any atom is 0.310 e. The molecule has 2 aromatic rings. The molecule has 6 nitrogen and oxygen atoms in total. The molecule has 6 heteroatoms. The second-order valence-electron chi connectivity index (χ2n) is 4.71. The Labute approximate surface area is 127 Å². The van der Waals surface area contributed by atoms with Gasteiger partial charge in [0.2, 0.25) is 5.91 Å². The fraction of sp³-hybridized carbons (Fsp3) is 0.188. The summed E-state index contributed by atoms with van der Waals surface area (Å²) in [7, 11) is 0. The number of esters is 1. The molecular formula is C16H16N2O4. The second-order valence-corrected chi connectivity index (χ2v) is 4.71. The monoisotopic (exact) mass is 300 g/mol. The molecule has 0 unspecified atom stereocenters. The second kappa shape index (κ2) is 7.21. The highest BCUT2D eigenvalue weighted by molar-refractivity contribution is 5.89. The van der Waals surface area contributed by atoms with Crippen molar-refractivity contribution >= 4 is 28.6 Å². The van der Waals surface area contributed by atoms with E-state index in [1.165, 1.54) is 6.92 Å². The molecule has 0 aliphatic rings. The van der Waals surface area contributed by atoms with Gasteiger partial charge in [0.1, 0.15) is 0 Å². The summed E-state index contributed by atoms with van der Waals surface area (Å²) in [6, 6.07) is 13.4. The molecule has 0 aliphatic carbocycles. The van der Waals surface area contributed by atoms with Gasteiger partial charge in [0.05, 0.1) is 6.42 Å². The van der Waals surface area contributed by atoms with Gasteiger partial charge in [-0.05, 0) is 16.3 Å². The predicted octanol–water partition coefficient (Wildman–Crippen LogP) is 1.09. The van der Waals surface area contributed by atoms with Crippen LogP contribution in [0.3, 0.4) is 0 Å². The zero-order valence-corrected chi connectivity index (χ0v) is 12.1. The van der Waals surface area contributed by atoms with Crippen LogP contribution in [0, 0.1) is 0 Å². The third-order valence-corrected chi connectivity index (χ3v) is 2.96. The van der Waals surface area contributed by atoms with E-state index in [1.54, 1.807) is 0 Å². The lowest BCUT2D eigenvalue weighted by molar-refractivity contribution is -0.148. The summed E-state index contributed by atoms with van der Waals surface area (Å²) >= 11 is 0. The Hall–Kier alpha value is -2.89. The fourth-order valence-electron chi connectivity index (χ4n) is 1.99. The van der Waals surface area contributed by atoms with E-state index in [0.29, 0.717) is 0 Å². The van der Waals surface area contributed by atoms with Crippen molar-refractivity contribution in [1.29, 1.82) is 0 Å². The fourth-order valence-corrected chi connectivity index (χ4v) is 1.99. The first-order valence-electron chi connectivity index (χ1n) is 6.74. The van der Waals surface area contributed by atoms with Crippen LogP contribution in [0.4, 0.5) is 0 Å². The van der Waals surface area contributed by atoms with Crippen molar-refractivity contribution in [3.8, 4) is 0 Å². The topological polar surface area (TPSA) is 84.5 Å². The average Bonchev–Trinajstić information content (AvgIpc) is 2.51. The van der Waals surface area contributed by atoms with Crippen molar-refractivity contribution in [2.75, 3.05) is 6.61 Å². The molecular weight excluding hydrogens is 284 g/mol. The van der Waals surface area contributed by atoms with Crippen molar-refractivity contribution in [2.45, 2.75) is 13.3 Å². The van der Waals surface area contributed by atoms with Gasteiger partial charge in [-0.2, -0.15) is 0 Å². The molecule has 0 radical (unpaired) electrons.